The van der Waals surface area contributed by atoms with Crippen LogP contribution < -0.4 is 10.6 Å². The molecule has 0 rings (SSSR count). The van der Waals surface area contributed by atoms with Gasteiger partial charge in [-0.25, -0.2) is 4.79 Å². The topological polar surface area (TPSA) is 61.4 Å². The van der Waals surface area contributed by atoms with Crippen molar-refractivity contribution in [2.75, 3.05) is 6.54 Å². The molecule has 0 aromatic rings. The van der Waals surface area contributed by atoms with Crippen molar-refractivity contribution < 1.29 is 9.90 Å². The van der Waals surface area contributed by atoms with E-state index in [9.17, 15) is 9.90 Å². The third kappa shape index (κ3) is 6.67. The van der Waals surface area contributed by atoms with Crippen LogP contribution >= 0.6 is 0 Å². The van der Waals surface area contributed by atoms with Crippen LogP contribution in [0, 0.1) is 5.92 Å². The summed E-state index contributed by atoms with van der Waals surface area (Å²) in [6.45, 7) is 8.54. The smallest absolute Gasteiger partial charge is 0.315 e. The van der Waals surface area contributed by atoms with Gasteiger partial charge in [0.15, 0.2) is 0 Å². The van der Waals surface area contributed by atoms with Crippen LogP contribution in [0.3, 0.4) is 0 Å². The Balaban J connectivity index is 3.73. The Morgan fingerprint density at radius 3 is 2.44 bits per heavy atom. The standard InChI is InChI=1S/C12H26N2O2/c1-5-7-11(15)8-13-12(16)14-10(4)9(3)6-2/h9-11,15H,5-8H2,1-4H3,(H2,13,14,16). The summed E-state index contributed by atoms with van der Waals surface area (Å²) >= 11 is 0. The predicted molar refractivity (Wildman–Crippen MR) is 66.4 cm³/mol. The molecule has 0 aromatic heterocycles. The lowest BCUT2D eigenvalue weighted by Crippen LogP contribution is -2.45. The van der Waals surface area contributed by atoms with Crippen molar-refractivity contribution in [3.05, 3.63) is 0 Å². The van der Waals surface area contributed by atoms with Crippen molar-refractivity contribution in [2.24, 2.45) is 5.92 Å². The number of urea groups is 1. The van der Waals surface area contributed by atoms with Gasteiger partial charge >= 0.3 is 6.03 Å². The fourth-order valence-electron chi connectivity index (χ4n) is 1.40. The van der Waals surface area contributed by atoms with Crippen molar-refractivity contribution in [3.8, 4) is 0 Å². The Hall–Kier alpha value is -0.770. The molecule has 0 spiro atoms. The Morgan fingerprint density at radius 1 is 1.31 bits per heavy atom. The van der Waals surface area contributed by atoms with E-state index in [2.05, 4.69) is 24.5 Å². The van der Waals surface area contributed by atoms with Crippen LogP contribution in [0.5, 0.6) is 0 Å². The molecule has 0 saturated carbocycles. The van der Waals surface area contributed by atoms with E-state index >= 15 is 0 Å². The molecule has 3 unspecified atom stereocenters. The molecule has 96 valence electrons. The molecule has 4 heteroatoms. The van der Waals surface area contributed by atoms with Gasteiger partial charge in [0.25, 0.3) is 0 Å². The molecular formula is C12H26N2O2. The highest BCUT2D eigenvalue weighted by Crippen LogP contribution is 2.06. The lowest BCUT2D eigenvalue weighted by Gasteiger charge is -2.20. The zero-order valence-electron chi connectivity index (χ0n) is 10.9. The third-order valence-corrected chi connectivity index (χ3v) is 2.98. The van der Waals surface area contributed by atoms with E-state index in [1.54, 1.807) is 0 Å². The van der Waals surface area contributed by atoms with E-state index in [0.29, 0.717) is 12.5 Å². The van der Waals surface area contributed by atoms with Crippen molar-refractivity contribution in [1.29, 1.82) is 0 Å². The zero-order valence-corrected chi connectivity index (χ0v) is 10.9. The molecule has 0 saturated heterocycles. The highest BCUT2D eigenvalue weighted by atomic mass is 16.3. The minimum atomic E-state index is -0.436. The summed E-state index contributed by atoms with van der Waals surface area (Å²) in [5, 5.41) is 15.0. The van der Waals surface area contributed by atoms with Crippen LogP contribution in [0.25, 0.3) is 0 Å². The van der Waals surface area contributed by atoms with E-state index in [1.165, 1.54) is 0 Å². The van der Waals surface area contributed by atoms with Crippen molar-refractivity contribution in [1.82, 2.24) is 10.6 Å². The van der Waals surface area contributed by atoms with Gasteiger partial charge in [0, 0.05) is 12.6 Å². The van der Waals surface area contributed by atoms with Gasteiger partial charge in [-0.3, -0.25) is 0 Å². The fourth-order valence-corrected chi connectivity index (χ4v) is 1.40. The van der Waals surface area contributed by atoms with E-state index in [4.69, 9.17) is 0 Å². The van der Waals surface area contributed by atoms with E-state index in [-0.39, 0.29) is 12.1 Å². The lowest BCUT2D eigenvalue weighted by atomic mass is 10.0. The number of nitrogens with one attached hydrogen (secondary N) is 2. The lowest BCUT2D eigenvalue weighted by molar-refractivity contribution is 0.159. The highest BCUT2D eigenvalue weighted by Gasteiger charge is 2.13. The van der Waals surface area contributed by atoms with Gasteiger partial charge < -0.3 is 15.7 Å². The second kappa shape index (κ2) is 8.39. The molecule has 16 heavy (non-hydrogen) atoms. The number of hydrogen-bond acceptors (Lipinski definition) is 2. The first-order valence-corrected chi connectivity index (χ1v) is 6.23. The minimum absolute atomic E-state index is 0.160. The average molecular weight is 230 g/mol. The summed E-state index contributed by atoms with van der Waals surface area (Å²) in [4.78, 5) is 11.4. The largest absolute Gasteiger partial charge is 0.391 e. The summed E-state index contributed by atoms with van der Waals surface area (Å²) < 4.78 is 0. The average Bonchev–Trinajstić information content (AvgIpc) is 2.25. The molecule has 0 bridgehead atoms. The number of amides is 2. The quantitative estimate of drug-likeness (QED) is 0.625. The first-order chi connectivity index (χ1) is 7.51. The van der Waals surface area contributed by atoms with Gasteiger partial charge in [0.05, 0.1) is 6.10 Å². The maximum absolute atomic E-state index is 11.4. The molecule has 0 radical (unpaired) electrons. The third-order valence-electron chi connectivity index (χ3n) is 2.98. The Labute approximate surface area is 98.8 Å². The van der Waals surface area contributed by atoms with Crippen molar-refractivity contribution in [2.45, 2.75) is 59.1 Å². The minimum Gasteiger partial charge on any atom is -0.391 e. The van der Waals surface area contributed by atoms with Crippen molar-refractivity contribution in [3.63, 3.8) is 0 Å². The predicted octanol–water partition coefficient (Wildman–Crippen LogP) is 1.88. The second-order valence-electron chi connectivity index (χ2n) is 4.47. The van der Waals surface area contributed by atoms with Gasteiger partial charge in [-0.15, -0.1) is 0 Å². The maximum Gasteiger partial charge on any atom is 0.315 e. The highest BCUT2D eigenvalue weighted by molar-refractivity contribution is 5.74. The first kappa shape index (κ1) is 15.2. The fraction of sp³-hybridized carbons (Fsp3) is 0.917. The molecule has 4 nitrogen and oxygen atoms in total. The molecule has 0 aliphatic rings. The summed E-state index contributed by atoms with van der Waals surface area (Å²) in [5.41, 5.74) is 0. The number of aliphatic hydroxyl groups is 1. The number of aliphatic hydroxyl groups excluding tert-OH is 1. The monoisotopic (exact) mass is 230 g/mol. The molecule has 0 aromatic carbocycles. The Kier molecular flexibility index (Phi) is 7.99. The Bertz CT molecular complexity index is 197. The van der Waals surface area contributed by atoms with Crippen molar-refractivity contribution >= 4 is 6.03 Å². The maximum atomic E-state index is 11.4. The molecule has 0 heterocycles. The number of carbonyl (C=O) groups is 1. The van der Waals surface area contributed by atoms with Crippen LogP contribution in [-0.4, -0.2) is 29.8 Å². The van der Waals surface area contributed by atoms with E-state index < -0.39 is 6.10 Å². The van der Waals surface area contributed by atoms with Gasteiger partial charge in [0.2, 0.25) is 0 Å². The van der Waals surface area contributed by atoms with Gasteiger partial charge in [-0.2, -0.15) is 0 Å². The van der Waals surface area contributed by atoms with Gasteiger partial charge in [0.1, 0.15) is 0 Å². The second-order valence-corrected chi connectivity index (χ2v) is 4.47. The van der Waals surface area contributed by atoms with Crippen LogP contribution in [0.1, 0.15) is 47.0 Å². The number of hydrogen-bond donors (Lipinski definition) is 3. The summed E-state index contributed by atoms with van der Waals surface area (Å²) in [5.74, 6) is 0.464. The van der Waals surface area contributed by atoms with Crippen LogP contribution in [0.4, 0.5) is 4.79 Å². The molecule has 2 amide bonds. The van der Waals surface area contributed by atoms with Crippen LogP contribution in [-0.2, 0) is 0 Å². The number of carbonyl (C=O) groups excluding carboxylic acids is 1. The molecule has 3 atom stereocenters. The van der Waals surface area contributed by atoms with E-state index in [0.717, 1.165) is 19.3 Å². The van der Waals surface area contributed by atoms with Gasteiger partial charge in [-0.05, 0) is 19.3 Å². The molecule has 0 aliphatic carbocycles. The SMILES string of the molecule is CCCC(O)CNC(=O)NC(C)C(C)CC. The number of rotatable bonds is 7. The summed E-state index contributed by atoms with van der Waals surface area (Å²) in [6, 6.07) is -0.0312. The molecule has 3 N–H and O–H groups in total. The van der Waals surface area contributed by atoms with Gasteiger partial charge in [-0.1, -0.05) is 33.6 Å². The van der Waals surface area contributed by atoms with Crippen LogP contribution in [0.15, 0.2) is 0 Å². The summed E-state index contributed by atoms with van der Waals surface area (Å²) in [7, 11) is 0. The van der Waals surface area contributed by atoms with E-state index in [1.807, 2.05) is 13.8 Å². The molecular weight excluding hydrogens is 204 g/mol. The first-order valence-electron chi connectivity index (χ1n) is 6.23. The molecule has 0 aliphatic heterocycles. The summed E-state index contributed by atoms with van der Waals surface area (Å²) in [6.07, 6.45) is 2.25. The van der Waals surface area contributed by atoms with Crippen LogP contribution in [0.2, 0.25) is 0 Å². The normalized spacial score (nSPS) is 16.3. The zero-order chi connectivity index (χ0) is 12.6. The Morgan fingerprint density at radius 2 is 1.94 bits per heavy atom. The molecule has 0 fully saturated rings.